The summed E-state index contributed by atoms with van der Waals surface area (Å²) in [7, 11) is 0. The quantitative estimate of drug-likeness (QED) is 0.365. The van der Waals surface area contributed by atoms with Crippen molar-refractivity contribution in [3.63, 3.8) is 0 Å². The lowest BCUT2D eigenvalue weighted by atomic mass is 10.1. The van der Waals surface area contributed by atoms with Crippen LogP contribution in [0.4, 0.5) is 8.78 Å². The maximum Gasteiger partial charge on any atom is 0.320 e. The van der Waals surface area contributed by atoms with Crippen LogP contribution in [0.25, 0.3) is 22.4 Å². The molecule has 0 atom stereocenters. The maximum absolute atomic E-state index is 13.7. The maximum atomic E-state index is 13.7. The Morgan fingerprint density at radius 2 is 1.90 bits per heavy atom. The van der Waals surface area contributed by atoms with E-state index < -0.39 is 6.55 Å². The van der Waals surface area contributed by atoms with Crippen LogP contribution in [-0.4, -0.2) is 24.3 Å². The van der Waals surface area contributed by atoms with Gasteiger partial charge in [0.2, 0.25) is 0 Å². The van der Waals surface area contributed by atoms with Gasteiger partial charge >= 0.3 is 6.55 Å². The summed E-state index contributed by atoms with van der Waals surface area (Å²) in [6.45, 7) is 2.23. The first kappa shape index (κ1) is 19.6. The number of aryl methyl sites for hydroxylation is 1. The monoisotopic (exact) mass is 413 g/mol. The van der Waals surface area contributed by atoms with E-state index in [0.29, 0.717) is 22.0 Å². The van der Waals surface area contributed by atoms with Crippen molar-refractivity contribution in [2.45, 2.75) is 44.3 Å². The van der Waals surface area contributed by atoms with Gasteiger partial charge in [0.25, 0.3) is 0 Å². The molecule has 29 heavy (non-hydrogen) atoms. The van der Waals surface area contributed by atoms with Crippen molar-refractivity contribution >= 4 is 22.8 Å². The molecule has 0 spiro atoms. The third-order valence-electron chi connectivity index (χ3n) is 4.63. The summed E-state index contributed by atoms with van der Waals surface area (Å²) < 4.78 is 30.4. The van der Waals surface area contributed by atoms with Gasteiger partial charge in [0.1, 0.15) is 5.82 Å². The third-order valence-corrected chi connectivity index (χ3v) is 5.60. The second-order valence-corrected chi connectivity index (χ2v) is 7.72. The van der Waals surface area contributed by atoms with Crippen LogP contribution in [0.15, 0.2) is 53.7 Å². The van der Waals surface area contributed by atoms with E-state index in [1.165, 1.54) is 11.8 Å². The number of benzene rings is 2. The van der Waals surface area contributed by atoms with Gasteiger partial charge in [-0.1, -0.05) is 54.6 Å². The van der Waals surface area contributed by atoms with E-state index in [9.17, 15) is 8.78 Å². The number of halogens is 2. The normalized spacial score (nSPS) is 11.6. The number of rotatable bonds is 7. The van der Waals surface area contributed by atoms with E-state index in [2.05, 4.69) is 32.7 Å². The zero-order valence-corrected chi connectivity index (χ0v) is 17.0. The van der Waals surface area contributed by atoms with Crippen molar-refractivity contribution in [2.75, 3.05) is 0 Å². The predicted octanol–water partition coefficient (Wildman–Crippen LogP) is 5.70. The fraction of sp³-hybridized carbons (Fsp3) is 0.286. The van der Waals surface area contributed by atoms with E-state index in [0.717, 1.165) is 34.5 Å². The van der Waals surface area contributed by atoms with Crippen LogP contribution in [0.2, 0.25) is 0 Å². The fourth-order valence-electron chi connectivity index (χ4n) is 3.36. The van der Waals surface area contributed by atoms with Crippen LogP contribution in [-0.2, 0) is 12.3 Å². The van der Waals surface area contributed by atoms with E-state index >= 15 is 0 Å². The minimum absolute atomic E-state index is 0.286. The molecule has 0 aliphatic carbocycles. The Bertz CT molecular complexity index is 1140. The van der Waals surface area contributed by atoms with Crippen molar-refractivity contribution in [3.05, 3.63) is 59.9 Å². The van der Waals surface area contributed by atoms with Crippen molar-refractivity contribution < 1.29 is 8.78 Å². The number of fused-ring (bicyclic) bond motifs is 1. The standard InChI is InChI=1S/C21H21F2N5S/c1-3-11-27-19(15-8-6-7-14(2)12-15)25-26-21(27)29-13-18-24-16-9-4-5-10-17(16)28(18)20(22)23/h4-10,12,20H,3,11,13H2,1-2H3. The molecule has 2 aromatic heterocycles. The van der Waals surface area contributed by atoms with Gasteiger partial charge in [-0.3, -0.25) is 4.57 Å². The molecule has 0 amide bonds. The predicted molar refractivity (Wildman–Crippen MR) is 111 cm³/mol. The second-order valence-electron chi connectivity index (χ2n) is 6.78. The van der Waals surface area contributed by atoms with E-state index in [-0.39, 0.29) is 5.75 Å². The van der Waals surface area contributed by atoms with Gasteiger partial charge in [0.05, 0.1) is 16.8 Å². The molecule has 2 heterocycles. The molecule has 0 N–H and O–H groups in total. The number of hydrogen-bond acceptors (Lipinski definition) is 4. The summed E-state index contributed by atoms with van der Waals surface area (Å²) >= 11 is 1.38. The number of thioether (sulfide) groups is 1. The van der Waals surface area contributed by atoms with Gasteiger partial charge in [-0.2, -0.15) is 8.78 Å². The summed E-state index contributed by atoms with van der Waals surface area (Å²) in [6.07, 6.45) is 0.917. The van der Waals surface area contributed by atoms with E-state index in [1.54, 1.807) is 24.3 Å². The number of alkyl halides is 2. The summed E-state index contributed by atoms with van der Waals surface area (Å²) in [5, 5.41) is 9.42. The van der Waals surface area contributed by atoms with Gasteiger partial charge in [0.15, 0.2) is 11.0 Å². The van der Waals surface area contributed by atoms with E-state index in [1.807, 2.05) is 25.1 Å². The molecule has 150 valence electrons. The molecule has 0 bridgehead atoms. The molecular weight excluding hydrogens is 392 g/mol. The SMILES string of the molecule is CCCn1c(SCc2nc3ccccc3n2C(F)F)nnc1-c1cccc(C)c1. The third kappa shape index (κ3) is 3.89. The van der Waals surface area contributed by atoms with Crippen molar-refractivity contribution in [3.8, 4) is 11.4 Å². The molecule has 2 aromatic carbocycles. The van der Waals surface area contributed by atoms with Gasteiger partial charge in [-0.25, -0.2) is 4.98 Å². The lowest BCUT2D eigenvalue weighted by Gasteiger charge is -2.10. The Balaban J connectivity index is 1.66. The molecule has 0 saturated carbocycles. The van der Waals surface area contributed by atoms with Crippen molar-refractivity contribution in [1.82, 2.24) is 24.3 Å². The minimum atomic E-state index is -2.64. The Morgan fingerprint density at radius 1 is 1.07 bits per heavy atom. The van der Waals surface area contributed by atoms with Crippen molar-refractivity contribution in [1.29, 1.82) is 0 Å². The molecule has 0 fully saturated rings. The van der Waals surface area contributed by atoms with Crippen LogP contribution < -0.4 is 0 Å². The average molecular weight is 413 g/mol. The van der Waals surface area contributed by atoms with Gasteiger partial charge in [-0.15, -0.1) is 10.2 Å². The minimum Gasteiger partial charge on any atom is -0.302 e. The molecule has 0 aliphatic rings. The topological polar surface area (TPSA) is 48.5 Å². The highest BCUT2D eigenvalue weighted by Gasteiger charge is 2.20. The summed E-state index contributed by atoms with van der Waals surface area (Å²) in [5.41, 5.74) is 3.15. The molecule has 5 nitrogen and oxygen atoms in total. The highest BCUT2D eigenvalue weighted by atomic mass is 32.2. The van der Waals surface area contributed by atoms with Crippen LogP contribution in [0.3, 0.4) is 0 Å². The Morgan fingerprint density at radius 3 is 2.66 bits per heavy atom. The lowest BCUT2D eigenvalue weighted by molar-refractivity contribution is 0.0722. The number of nitrogens with zero attached hydrogens (tertiary/aromatic N) is 5. The Labute approximate surface area is 171 Å². The number of aromatic nitrogens is 5. The Kier molecular flexibility index (Phi) is 5.62. The largest absolute Gasteiger partial charge is 0.320 e. The first-order chi connectivity index (χ1) is 14.1. The Hall–Kier alpha value is -2.74. The molecule has 4 rings (SSSR count). The van der Waals surface area contributed by atoms with Crippen LogP contribution in [0, 0.1) is 6.92 Å². The molecule has 0 radical (unpaired) electrons. The van der Waals surface area contributed by atoms with Crippen LogP contribution >= 0.6 is 11.8 Å². The van der Waals surface area contributed by atoms with Crippen LogP contribution in [0.5, 0.6) is 0 Å². The second kappa shape index (κ2) is 8.32. The zero-order chi connectivity index (χ0) is 20.4. The van der Waals surface area contributed by atoms with E-state index in [4.69, 9.17) is 0 Å². The first-order valence-corrected chi connectivity index (χ1v) is 10.4. The summed E-state index contributed by atoms with van der Waals surface area (Å²) in [5.74, 6) is 1.41. The first-order valence-electron chi connectivity index (χ1n) is 9.45. The highest BCUT2D eigenvalue weighted by Crippen LogP contribution is 2.30. The summed E-state index contributed by atoms with van der Waals surface area (Å²) in [6, 6.07) is 15.1. The van der Waals surface area contributed by atoms with Crippen LogP contribution in [0.1, 0.15) is 31.3 Å². The molecule has 4 aromatic rings. The molecule has 0 saturated heterocycles. The number of imidazole rings is 1. The molecular formula is C21H21F2N5S. The molecule has 0 aliphatic heterocycles. The fourth-order valence-corrected chi connectivity index (χ4v) is 4.26. The van der Waals surface area contributed by atoms with Gasteiger partial charge < -0.3 is 4.57 Å². The molecule has 0 unspecified atom stereocenters. The average Bonchev–Trinajstić information content (AvgIpc) is 3.27. The number of para-hydroxylation sites is 2. The van der Waals surface area contributed by atoms with Gasteiger partial charge in [0, 0.05) is 12.1 Å². The smallest absolute Gasteiger partial charge is 0.302 e. The lowest BCUT2D eigenvalue weighted by Crippen LogP contribution is -2.05. The van der Waals surface area contributed by atoms with Crippen molar-refractivity contribution in [2.24, 2.45) is 0 Å². The summed E-state index contributed by atoms with van der Waals surface area (Å²) in [4.78, 5) is 4.41. The van der Waals surface area contributed by atoms with Gasteiger partial charge in [-0.05, 0) is 31.5 Å². The number of hydrogen-bond donors (Lipinski definition) is 0. The zero-order valence-electron chi connectivity index (χ0n) is 16.2. The highest BCUT2D eigenvalue weighted by molar-refractivity contribution is 7.98. The molecule has 8 heteroatoms.